The van der Waals surface area contributed by atoms with E-state index in [0.29, 0.717) is 5.54 Å². The quantitative estimate of drug-likeness (QED) is 0.848. The smallest absolute Gasteiger partial charge is 0.0359 e. The van der Waals surface area contributed by atoms with E-state index in [0.717, 1.165) is 18.5 Å². The highest BCUT2D eigenvalue weighted by Gasteiger charge is 2.46. The largest absolute Gasteiger partial charge is 0.329 e. The highest BCUT2D eigenvalue weighted by Crippen LogP contribution is 2.42. The topological polar surface area (TPSA) is 32.5 Å². The Labute approximate surface area is 118 Å². The Kier molecular flexibility index (Phi) is 4.16. The average Bonchev–Trinajstić information content (AvgIpc) is 2.95. The first-order valence-corrected chi connectivity index (χ1v) is 8.48. The van der Waals surface area contributed by atoms with Crippen LogP contribution in [0.4, 0.5) is 0 Å². The van der Waals surface area contributed by atoms with Crippen LogP contribution in [0.25, 0.3) is 0 Å². The third kappa shape index (κ3) is 2.45. The summed E-state index contributed by atoms with van der Waals surface area (Å²) >= 11 is 0. The van der Waals surface area contributed by atoms with Gasteiger partial charge in [-0.15, -0.1) is 0 Å². The molecule has 0 bridgehead atoms. The molecular formula is C16H31N3. The first kappa shape index (κ1) is 13.8. The minimum atomic E-state index is 0.333. The summed E-state index contributed by atoms with van der Waals surface area (Å²) in [4.78, 5) is 5.46. The van der Waals surface area contributed by atoms with Crippen molar-refractivity contribution >= 4 is 0 Å². The molecule has 110 valence electrons. The van der Waals surface area contributed by atoms with Crippen molar-refractivity contribution in [1.29, 1.82) is 0 Å². The zero-order valence-electron chi connectivity index (χ0n) is 12.6. The molecule has 2 saturated heterocycles. The standard InChI is InChI=1S/C16H31N3/c1-2-18-11-8-16(13-17,9-12-18)19-10-4-6-14-5-3-7-15(14)19/h14-15H,2-13,17H2,1H3. The molecule has 1 saturated carbocycles. The first-order chi connectivity index (χ1) is 9.29. The Morgan fingerprint density at radius 3 is 2.47 bits per heavy atom. The molecule has 3 heteroatoms. The fourth-order valence-electron chi connectivity index (χ4n) is 4.94. The zero-order chi connectivity index (χ0) is 13.3. The van der Waals surface area contributed by atoms with Gasteiger partial charge in [0.25, 0.3) is 0 Å². The molecule has 0 aromatic heterocycles. The Hall–Kier alpha value is -0.120. The molecule has 2 aliphatic heterocycles. The molecule has 0 aromatic rings. The van der Waals surface area contributed by atoms with Crippen molar-refractivity contribution in [3.8, 4) is 0 Å². The molecule has 2 heterocycles. The second kappa shape index (κ2) is 5.71. The van der Waals surface area contributed by atoms with E-state index in [9.17, 15) is 0 Å². The van der Waals surface area contributed by atoms with E-state index >= 15 is 0 Å². The van der Waals surface area contributed by atoms with Crippen molar-refractivity contribution in [2.75, 3.05) is 32.7 Å². The van der Waals surface area contributed by atoms with Crippen LogP contribution in [0.3, 0.4) is 0 Å². The molecule has 0 amide bonds. The van der Waals surface area contributed by atoms with Gasteiger partial charge in [0.2, 0.25) is 0 Å². The number of hydrogen-bond acceptors (Lipinski definition) is 3. The van der Waals surface area contributed by atoms with Crippen molar-refractivity contribution in [2.24, 2.45) is 11.7 Å². The number of likely N-dealkylation sites (tertiary alicyclic amines) is 2. The summed E-state index contributed by atoms with van der Waals surface area (Å²) < 4.78 is 0. The maximum Gasteiger partial charge on any atom is 0.0359 e. The fraction of sp³-hybridized carbons (Fsp3) is 1.00. The molecule has 3 nitrogen and oxygen atoms in total. The van der Waals surface area contributed by atoms with Crippen LogP contribution in [0, 0.1) is 5.92 Å². The summed E-state index contributed by atoms with van der Waals surface area (Å²) in [5, 5.41) is 0. The number of hydrogen-bond donors (Lipinski definition) is 1. The van der Waals surface area contributed by atoms with Gasteiger partial charge in [-0.3, -0.25) is 4.90 Å². The SMILES string of the molecule is CCN1CCC(CN)(N2CCCC3CCCC32)CC1. The molecule has 3 rings (SSSR count). The highest BCUT2D eigenvalue weighted by atomic mass is 15.3. The summed E-state index contributed by atoms with van der Waals surface area (Å²) in [6.07, 6.45) is 9.82. The molecule has 19 heavy (non-hydrogen) atoms. The third-order valence-corrected chi connectivity index (χ3v) is 6.22. The van der Waals surface area contributed by atoms with Crippen LogP contribution in [0.15, 0.2) is 0 Å². The lowest BCUT2D eigenvalue weighted by Crippen LogP contribution is -2.64. The van der Waals surface area contributed by atoms with Gasteiger partial charge in [0.1, 0.15) is 0 Å². The maximum atomic E-state index is 6.28. The molecule has 2 N–H and O–H groups in total. The van der Waals surface area contributed by atoms with Gasteiger partial charge in [0.05, 0.1) is 0 Å². The van der Waals surface area contributed by atoms with Crippen molar-refractivity contribution in [1.82, 2.24) is 9.80 Å². The van der Waals surface area contributed by atoms with Crippen LogP contribution >= 0.6 is 0 Å². The molecule has 2 atom stereocenters. The van der Waals surface area contributed by atoms with Crippen LogP contribution < -0.4 is 5.73 Å². The van der Waals surface area contributed by atoms with Gasteiger partial charge in [0, 0.05) is 18.1 Å². The highest BCUT2D eigenvalue weighted by molar-refractivity contribution is 5.02. The van der Waals surface area contributed by atoms with Gasteiger partial charge in [-0.05, 0) is 70.6 Å². The summed E-state index contributed by atoms with van der Waals surface area (Å²) in [6, 6.07) is 0.866. The number of fused-ring (bicyclic) bond motifs is 1. The molecule has 1 aliphatic carbocycles. The molecule has 0 spiro atoms. The lowest BCUT2D eigenvalue weighted by atomic mass is 9.80. The molecule has 3 fully saturated rings. The first-order valence-electron chi connectivity index (χ1n) is 8.48. The monoisotopic (exact) mass is 265 g/mol. The number of nitrogens with two attached hydrogens (primary N) is 1. The maximum absolute atomic E-state index is 6.28. The van der Waals surface area contributed by atoms with Crippen LogP contribution in [-0.2, 0) is 0 Å². The van der Waals surface area contributed by atoms with E-state index in [2.05, 4.69) is 16.7 Å². The van der Waals surface area contributed by atoms with Gasteiger partial charge in [-0.1, -0.05) is 13.3 Å². The van der Waals surface area contributed by atoms with Crippen LogP contribution in [-0.4, -0.2) is 54.1 Å². The Morgan fingerprint density at radius 1 is 1.05 bits per heavy atom. The number of nitrogens with zero attached hydrogens (tertiary/aromatic N) is 2. The number of piperidine rings is 2. The fourth-order valence-corrected chi connectivity index (χ4v) is 4.94. The molecular weight excluding hydrogens is 234 g/mol. The van der Waals surface area contributed by atoms with Crippen LogP contribution in [0.5, 0.6) is 0 Å². The predicted molar refractivity (Wildman–Crippen MR) is 80.2 cm³/mol. The van der Waals surface area contributed by atoms with Gasteiger partial charge < -0.3 is 10.6 Å². The molecule has 2 unspecified atom stereocenters. The van der Waals surface area contributed by atoms with E-state index in [-0.39, 0.29) is 0 Å². The summed E-state index contributed by atoms with van der Waals surface area (Å²) in [7, 11) is 0. The molecule has 0 aromatic carbocycles. The van der Waals surface area contributed by atoms with E-state index in [1.807, 2.05) is 0 Å². The second-order valence-electron chi connectivity index (χ2n) is 6.96. The van der Waals surface area contributed by atoms with Crippen LogP contribution in [0.1, 0.15) is 51.9 Å². The molecule has 0 radical (unpaired) electrons. The van der Waals surface area contributed by atoms with Gasteiger partial charge in [-0.2, -0.15) is 0 Å². The van der Waals surface area contributed by atoms with Crippen molar-refractivity contribution < 1.29 is 0 Å². The second-order valence-corrected chi connectivity index (χ2v) is 6.96. The average molecular weight is 265 g/mol. The predicted octanol–water partition coefficient (Wildman–Crippen LogP) is 2.06. The van der Waals surface area contributed by atoms with Crippen molar-refractivity contribution in [3.63, 3.8) is 0 Å². The normalized spacial score (nSPS) is 36.3. The summed E-state index contributed by atoms with van der Waals surface area (Å²) in [6.45, 7) is 8.16. The van der Waals surface area contributed by atoms with E-state index in [4.69, 9.17) is 5.73 Å². The van der Waals surface area contributed by atoms with Gasteiger partial charge in [0.15, 0.2) is 0 Å². The minimum Gasteiger partial charge on any atom is -0.329 e. The third-order valence-electron chi connectivity index (χ3n) is 6.22. The van der Waals surface area contributed by atoms with Crippen LogP contribution in [0.2, 0.25) is 0 Å². The van der Waals surface area contributed by atoms with Gasteiger partial charge >= 0.3 is 0 Å². The summed E-state index contributed by atoms with van der Waals surface area (Å²) in [5.41, 5.74) is 6.61. The Balaban J connectivity index is 1.74. The van der Waals surface area contributed by atoms with E-state index in [1.165, 1.54) is 71.1 Å². The van der Waals surface area contributed by atoms with Crippen molar-refractivity contribution in [2.45, 2.75) is 63.5 Å². The minimum absolute atomic E-state index is 0.333. The lowest BCUT2D eigenvalue weighted by molar-refractivity contribution is -0.0324. The Bertz CT molecular complexity index is 296. The van der Waals surface area contributed by atoms with Crippen molar-refractivity contribution in [3.05, 3.63) is 0 Å². The number of rotatable bonds is 3. The van der Waals surface area contributed by atoms with E-state index < -0.39 is 0 Å². The Morgan fingerprint density at radius 2 is 1.79 bits per heavy atom. The lowest BCUT2D eigenvalue weighted by Gasteiger charge is -2.53. The van der Waals surface area contributed by atoms with Gasteiger partial charge in [-0.25, -0.2) is 0 Å². The summed E-state index contributed by atoms with van der Waals surface area (Å²) in [5.74, 6) is 0.987. The molecule has 3 aliphatic rings. The zero-order valence-corrected chi connectivity index (χ0v) is 12.6. The van der Waals surface area contributed by atoms with E-state index in [1.54, 1.807) is 0 Å².